The summed E-state index contributed by atoms with van der Waals surface area (Å²) in [4.78, 5) is 7.14. The summed E-state index contributed by atoms with van der Waals surface area (Å²) in [5.41, 5.74) is 1.05. The van der Waals surface area contributed by atoms with Gasteiger partial charge in [0.25, 0.3) is 0 Å². The van der Waals surface area contributed by atoms with Crippen molar-refractivity contribution in [1.29, 1.82) is 0 Å². The molecule has 1 rings (SSSR count). The first kappa shape index (κ1) is 27.2. The predicted octanol–water partition coefficient (Wildman–Crippen LogP) is 4.76. The van der Waals surface area contributed by atoms with Crippen LogP contribution in [0.1, 0.15) is 84.6 Å². The molecule has 0 aliphatic heterocycles. The van der Waals surface area contributed by atoms with E-state index in [0.29, 0.717) is 18.5 Å². The monoisotopic (exact) mass is 507 g/mol. The van der Waals surface area contributed by atoms with Crippen LogP contribution in [-0.4, -0.2) is 48.2 Å². The van der Waals surface area contributed by atoms with Gasteiger partial charge in [-0.2, -0.15) is 0 Å². The Labute approximate surface area is 189 Å². The van der Waals surface area contributed by atoms with E-state index in [2.05, 4.69) is 73.3 Å². The third-order valence-corrected chi connectivity index (χ3v) is 5.11. The second-order valence-corrected chi connectivity index (χ2v) is 7.14. The number of guanidine groups is 1. The summed E-state index contributed by atoms with van der Waals surface area (Å²) in [6, 6.07) is 2.44. The number of hydrogen-bond acceptors (Lipinski definition) is 4. The molecule has 0 saturated carbocycles. The van der Waals surface area contributed by atoms with Crippen LogP contribution in [0.15, 0.2) is 15.6 Å². The molecule has 7 heteroatoms. The summed E-state index contributed by atoms with van der Waals surface area (Å²) >= 11 is 0. The number of hydrogen-bond donors (Lipinski definition) is 2. The molecule has 1 heterocycles. The Hall–Kier alpha value is -0.830. The Kier molecular flexibility index (Phi) is 15.5. The van der Waals surface area contributed by atoms with Gasteiger partial charge < -0.3 is 20.1 Å². The summed E-state index contributed by atoms with van der Waals surface area (Å²) < 4.78 is 5.48. The maximum Gasteiger partial charge on any atom is 0.191 e. The summed E-state index contributed by atoms with van der Waals surface area (Å²) in [5, 5.41) is 11.1. The highest BCUT2D eigenvalue weighted by Crippen LogP contribution is 2.22. The van der Waals surface area contributed by atoms with Crippen LogP contribution >= 0.6 is 24.0 Å². The molecule has 0 spiro atoms. The van der Waals surface area contributed by atoms with Crippen LogP contribution in [0.4, 0.5) is 0 Å². The minimum atomic E-state index is 0. The van der Waals surface area contributed by atoms with Crippen LogP contribution in [0.2, 0.25) is 0 Å². The minimum absolute atomic E-state index is 0. The summed E-state index contributed by atoms with van der Waals surface area (Å²) in [7, 11) is 0. The largest absolute Gasteiger partial charge is 0.359 e. The molecular formula is C21H42IN5O. The molecule has 0 bridgehead atoms. The van der Waals surface area contributed by atoms with E-state index < -0.39 is 0 Å². The standard InChI is InChI=1S/C21H41N5O.HI/c1-7-18(8-2)20-15-19(27-25-20)16-23-21(22-9-3)24-17(6)13-12-14-26(10-4)11-5;/h15,17-18H,7-14,16H2,1-6H3,(H2,22,23,24);1H. The fraction of sp³-hybridized carbons (Fsp3) is 0.810. The van der Waals surface area contributed by atoms with Gasteiger partial charge in [-0.25, -0.2) is 4.99 Å². The lowest BCUT2D eigenvalue weighted by molar-refractivity contribution is 0.292. The van der Waals surface area contributed by atoms with E-state index in [9.17, 15) is 0 Å². The van der Waals surface area contributed by atoms with Gasteiger partial charge in [-0.15, -0.1) is 24.0 Å². The molecule has 0 aliphatic rings. The number of halogens is 1. The van der Waals surface area contributed by atoms with E-state index in [0.717, 1.165) is 62.9 Å². The van der Waals surface area contributed by atoms with Gasteiger partial charge >= 0.3 is 0 Å². The maximum atomic E-state index is 5.48. The average Bonchev–Trinajstić information content (AvgIpc) is 3.13. The number of aliphatic imine (C=N–C) groups is 1. The molecule has 1 atom stereocenters. The van der Waals surface area contributed by atoms with Crippen molar-refractivity contribution in [2.45, 2.75) is 85.7 Å². The van der Waals surface area contributed by atoms with Crippen LogP contribution in [0, 0.1) is 0 Å². The predicted molar refractivity (Wildman–Crippen MR) is 130 cm³/mol. The van der Waals surface area contributed by atoms with Gasteiger partial charge in [-0.3, -0.25) is 0 Å². The number of nitrogens with zero attached hydrogens (tertiary/aromatic N) is 3. The first-order valence-corrected chi connectivity index (χ1v) is 10.8. The molecule has 0 aromatic carbocycles. The first-order chi connectivity index (χ1) is 13.1. The van der Waals surface area contributed by atoms with Crippen molar-refractivity contribution in [2.75, 3.05) is 26.2 Å². The number of rotatable bonds is 13. The molecule has 1 unspecified atom stereocenters. The van der Waals surface area contributed by atoms with E-state index >= 15 is 0 Å². The highest BCUT2D eigenvalue weighted by atomic mass is 127. The van der Waals surface area contributed by atoms with Crippen molar-refractivity contribution in [3.8, 4) is 0 Å². The van der Waals surface area contributed by atoms with Gasteiger partial charge in [0.2, 0.25) is 0 Å². The smallest absolute Gasteiger partial charge is 0.191 e. The molecular weight excluding hydrogens is 465 g/mol. The summed E-state index contributed by atoms with van der Waals surface area (Å²) in [6.07, 6.45) is 4.49. The molecule has 1 aromatic heterocycles. The Morgan fingerprint density at radius 3 is 2.43 bits per heavy atom. The molecule has 28 heavy (non-hydrogen) atoms. The van der Waals surface area contributed by atoms with Crippen LogP contribution < -0.4 is 10.6 Å². The van der Waals surface area contributed by atoms with Crippen molar-refractivity contribution >= 4 is 29.9 Å². The molecule has 2 N–H and O–H groups in total. The SMILES string of the molecule is CCNC(=NCc1cc(C(CC)CC)no1)NC(C)CCCN(CC)CC.I. The van der Waals surface area contributed by atoms with Crippen molar-refractivity contribution in [1.82, 2.24) is 20.7 Å². The van der Waals surface area contributed by atoms with Gasteiger partial charge in [-0.05, 0) is 59.2 Å². The lowest BCUT2D eigenvalue weighted by Crippen LogP contribution is -2.42. The third-order valence-electron chi connectivity index (χ3n) is 5.11. The molecule has 0 aliphatic carbocycles. The Bertz CT molecular complexity index is 527. The summed E-state index contributed by atoms with van der Waals surface area (Å²) in [6.45, 7) is 17.9. The molecule has 6 nitrogen and oxygen atoms in total. The van der Waals surface area contributed by atoms with Crippen molar-refractivity contribution in [2.24, 2.45) is 4.99 Å². The number of aromatic nitrogens is 1. The fourth-order valence-corrected chi connectivity index (χ4v) is 3.25. The lowest BCUT2D eigenvalue weighted by atomic mass is 9.99. The lowest BCUT2D eigenvalue weighted by Gasteiger charge is -2.21. The minimum Gasteiger partial charge on any atom is -0.359 e. The average molecular weight is 508 g/mol. The van der Waals surface area contributed by atoms with Gasteiger partial charge in [0.05, 0.1) is 5.69 Å². The molecule has 0 amide bonds. The van der Waals surface area contributed by atoms with Gasteiger partial charge in [0, 0.05) is 24.6 Å². The molecule has 0 fully saturated rings. The zero-order chi connectivity index (χ0) is 20.1. The maximum absolute atomic E-state index is 5.48. The van der Waals surface area contributed by atoms with E-state index in [1.165, 1.54) is 6.42 Å². The van der Waals surface area contributed by atoms with E-state index in [-0.39, 0.29) is 24.0 Å². The van der Waals surface area contributed by atoms with Crippen molar-refractivity contribution < 1.29 is 4.52 Å². The second kappa shape index (κ2) is 16.0. The summed E-state index contributed by atoms with van der Waals surface area (Å²) in [5.74, 6) is 2.14. The third kappa shape index (κ3) is 10.1. The van der Waals surface area contributed by atoms with Crippen LogP contribution in [0.3, 0.4) is 0 Å². The molecule has 1 aromatic rings. The quantitative estimate of drug-likeness (QED) is 0.229. The second-order valence-electron chi connectivity index (χ2n) is 7.14. The Morgan fingerprint density at radius 2 is 1.86 bits per heavy atom. The topological polar surface area (TPSA) is 65.7 Å². The van der Waals surface area contributed by atoms with Crippen molar-refractivity contribution in [3.05, 3.63) is 17.5 Å². The zero-order valence-corrected chi connectivity index (χ0v) is 21.1. The van der Waals surface area contributed by atoms with E-state index in [1.807, 2.05) is 0 Å². The Morgan fingerprint density at radius 1 is 1.18 bits per heavy atom. The zero-order valence-electron chi connectivity index (χ0n) is 18.8. The highest BCUT2D eigenvalue weighted by molar-refractivity contribution is 14.0. The van der Waals surface area contributed by atoms with E-state index in [1.54, 1.807) is 0 Å². The van der Waals surface area contributed by atoms with Gasteiger partial charge in [-0.1, -0.05) is 32.9 Å². The highest BCUT2D eigenvalue weighted by Gasteiger charge is 2.13. The molecule has 0 radical (unpaired) electrons. The molecule has 164 valence electrons. The fourth-order valence-electron chi connectivity index (χ4n) is 3.25. The van der Waals surface area contributed by atoms with Crippen molar-refractivity contribution in [3.63, 3.8) is 0 Å². The Balaban J connectivity index is 0.00000729. The van der Waals surface area contributed by atoms with Crippen LogP contribution in [-0.2, 0) is 6.54 Å². The molecule has 0 saturated heterocycles. The van der Waals surface area contributed by atoms with Gasteiger partial charge in [0.1, 0.15) is 6.54 Å². The van der Waals surface area contributed by atoms with E-state index in [4.69, 9.17) is 4.52 Å². The van der Waals surface area contributed by atoms with Crippen LogP contribution in [0.25, 0.3) is 0 Å². The number of nitrogens with one attached hydrogen (secondary N) is 2. The normalized spacial score (nSPS) is 12.9. The van der Waals surface area contributed by atoms with Gasteiger partial charge in [0.15, 0.2) is 11.7 Å². The van der Waals surface area contributed by atoms with Crippen LogP contribution in [0.5, 0.6) is 0 Å². The first-order valence-electron chi connectivity index (χ1n) is 10.8.